The molecule has 0 heterocycles. The number of benzene rings is 2. The van der Waals surface area contributed by atoms with Gasteiger partial charge in [-0.1, -0.05) is 12.1 Å². The molecule has 0 radical (unpaired) electrons. The SMILES string of the molecule is CN(C)C(=O)Oc1ccc(C(CCOc2ccc(N)cc2)N(C)C(=O)OC(C)(C)C)cc1. The molecule has 2 N–H and O–H groups in total. The molecule has 0 aliphatic carbocycles. The first kappa shape index (κ1) is 24.8. The molecule has 0 fully saturated rings. The van der Waals surface area contributed by atoms with Crippen molar-refractivity contribution in [1.82, 2.24) is 9.80 Å². The van der Waals surface area contributed by atoms with E-state index in [2.05, 4.69) is 0 Å². The average Bonchev–Trinajstić information content (AvgIpc) is 2.71. The van der Waals surface area contributed by atoms with Gasteiger partial charge in [0.25, 0.3) is 0 Å². The lowest BCUT2D eigenvalue weighted by Gasteiger charge is -2.31. The summed E-state index contributed by atoms with van der Waals surface area (Å²) >= 11 is 0. The van der Waals surface area contributed by atoms with Crippen molar-refractivity contribution in [3.8, 4) is 11.5 Å². The van der Waals surface area contributed by atoms with Gasteiger partial charge in [-0.25, -0.2) is 9.59 Å². The van der Waals surface area contributed by atoms with Gasteiger partial charge >= 0.3 is 12.2 Å². The van der Waals surface area contributed by atoms with E-state index in [0.29, 0.717) is 30.2 Å². The summed E-state index contributed by atoms with van der Waals surface area (Å²) in [6.07, 6.45) is -0.369. The van der Waals surface area contributed by atoms with Gasteiger partial charge in [0, 0.05) is 33.3 Å². The number of hydrogen-bond donors (Lipinski definition) is 1. The zero-order valence-corrected chi connectivity index (χ0v) is 19.6. The maximum absolute atomic E-state index is 12.7. The quantitative estimate of drug-likeness (QED) is 0.623. The summed E-state index contributed by atoms with van der Waals surface area (Å²) in [5, 5.41) is 0. The Morgan fingerprint density at radius 1 is 0.906 bits per heavy atom. The zero-order chi connectivity index (χ0) is 23.9. The first-order valence-electron chi connectivity index (χ1n) is 10.4. The van der Waals surface area contributed by atoms with Gasteiger partial charge < -0.3 is 29.7 Å². The molecule has 0 spiro atoms. The molecule has 0 aliphatic heterocycles. The monoisotopic (exact) mass is 443 g/mol. The van der Waals surface area contributed by atoms with Crippen molar-refractivity contribution in [2.24, 2.45) is 0 Å². The molecule has 0 saturated carbocycles. The summed E-state index contributed by atoms with van der Waals surface area (Å²) in [6.45, 7) is 5.85. The smallest absolute Gasteiger partial charge is 0.414 e. The highest BCUT2D eigenvalue weighted by molar-refractivity contribution is 5.70. The fraction of sp³-hybridized carbons (Fsp3) is 0.417. The fourth-order valence-corrected chi connectivity index (χ4v) is 2.85. The van der Waals surface area contributed by atoms with E-state index in [9.17, 15) is 9.59 Å². The van der Waals surface area contributed by atoms with E-state index in [1.54, 1.807) is 62.4 Å². The molecule has 0 bridgehead atoms. The van der Waals surface area contributed by atoms with Crippen LogP contribution in [-0.2, 0) is 4.74 Å². The van der Waals surface area contributed by atoms with Crippen molar-refractivity contribution < 1.29 is 23.8 Å². The molecular weight excluding hydrogens is 410 g/mol. The summed E-state index contributed by atoms with van der Waals surface area (Å²) in [5.74, 6) is 1.12. The van der Waals surface area contributed by atoms with Gasteiger partial charge in [-0.3, -0.25) is 0 Å². The lowest BCUT2D eigenvalue weighted by Crippen LogP contribution is -2.37. The number of hydrogen-bond acceptors (Lipinski definition) is 6. The highest BCUT2D eigenvalue weighted by Crippen LogP contribution is 2.27. The van der Waals surface area contributed by atoms with Gasteiger partial charge in [0.2, 0.25) is 0 Å². The minimum atomic E-state index is -0.611. The molecule has 1 unspecified atom stereocenters. The Kier molecular flexibility index (Phi) is 8.34. The number of rotatable bonds is 7. The molecule has 174 valence electrons. The van der Waals surface area contributed by atoms with E-state index in [0.717, 1.165) is 5.56 Å². The van der Waals surface area contributed by atoms with Crippen molar-refractivity contribution >= 4 is 17.9 Å². The fourth-order valence-electron chi connectivity index (χ4n) is 2.85. The van der Waals surface area contributed by atoms with Crippen LogP contribution in [0, 0.1) is 0 Å². The second-order valence-electron chi connectivity index (χ2n) is 8.64. The standard InChI is InChI=1S/C24H33N3O5/c1-24(2,3)32-23(29)27(6)21(15-16-30-19-13-9-18(25)10-14-19)17-7-11-20(12-8-17)31-22(28)26(4)5/h7-14,21H,15-16,25H2,1-6H3. The van der Waals surface area contributed by atoms with Crippen LogP contribution in [0.2, 0.25) is 0 Å². The Bertz CT molecular complexity index is 889. The van der Waals surface area contributed by atoms with Gasteiger partial charge in [-0.2, -0.15) is 0 Å². The Balaban J connectivity index is 2.15. The highest BCUT2D eigenvalue weighted by Gasteiger charge is 2.26. The van der Waals surface area contributed by atoms with Crippen LogP contribution in [0.1, 0.15) is 38.8 Å². The van der Waals surface area contributed by atoms with Gasteiger partial charge in [-0.05, 0) is 62.7 Å². The second-order valence-corrected chi connectivity index (χ2v) is 8.64. The summed E-state index contributed by atoms with van der Waals surface area (Å²) < 4.78 is 16.7. The molecule has 2 rings (SSSR count). The maximum Gasteiger partial charge on any atom is 0.414 e. The number of ether oxygens (including phenoxy) is 3. The predicted molar refractivity (Wildman–Crippen MR) is 124 cm³/mol. The van der Waals surface area contributed by atoms with Crippen LogP contribution in [-0.4, -0.2) is 55.3 Å². The Morgan fingerprint density at radius 3 is 2.00 bits per heavy atom. The van der Waals surface area contributed by atoms with Crippen molar-refractivity contribution in [1.29, 1.82) is 0 Å². The van der Waals surface area contributed by atoms with E-state index >= 15 is 0 Å². The van der Waals surface area contributed by atoms with Gasteiger partial charge in [0.05, 0.1) is 12.6 Å². The van der Waals surface area contributed by atoms with Crippen molar-refractivity contribution in [3.63, 3.8) is 0 Å². The number of amides is 2. The molecule has 0 aromatic heterocycles. The number of carbonyl (C=O) groups excluding carboxylic acids is 2. The molecule has 1 atom stereocenters. The Hall–Kier alpha value is -3.42. The van der Waals surface area contributed by atoms with E-state index < -0.39 is 17.8 Å². The van der Waals surface area contributed by atoms with Crippen molar-refractivity contribution in [3.05, 3.63) is 54.1 Å². The zero-order valence-electron chi connectivity index (χ0n) is 19.6. The third kappa shape index (κ3) is 7.68. The third-order valence-corrected chi connectivity index (χ3v) is 4.52. The normalized spacial score (nSPS) is 11.9. The molecule has 8 heteroatoms. The summed E-state index contributed by atoms with van der Waals surface area (Å²) in [5.41, 5.74) is 6.63. The van der Waals surface area contributed by atoms with Crippen LogP contribution >= 0.6 is 0 Å². The van der Waals surface area contributed by atoms with Crippen LogP contribution in [0.3, 0.4) is 0 Å². The first-order chi connectivity index (χ1) is 15.0. The van der Waals surface area contributed by atoms with Crippen LogP contribution in [0.25, 0.3) is 0 Å². The van der Waals surface area contributed by atoms with E-state index in [1.807, 2.05) is 32.9 Å². The summed E-state index contributed by atoms with van der Waals surface area (Å²) in [6, 6.07) is 13.9. The second kappa shape index (κ2) is 10.7. The largest absolute Gasteiger partial charge is 0.494 e. The van der Waals surface area contributed by atoms with Gasteiger partial charge in [0.15, 0.2) is 0 Å². The van der Waals surface area contributed by atoms with E-state index in [-0.39, 0.29) is 6.04 Å². The minimum absolute atomic E-state index is 0.308. The third-order valence-electron chi connectivity index (χ3n) is 4.52. The molecule has 32 heavy (non-hydrogen) atoms. The van der Waals surface area contributed by atoms with Crippen LogP contribution in [0.5, 0.6) is 11.5 Å². The van der Waals surface area contributed by atoms with Gasteiger partial charge in [0.1, 0.15) is 17.1 Å². The highest BCUT2D eigenvalue weighted by atomic mass is 16.6. The average molecular weight is 444 g/mol. The summed E-state index contributed by atoms with van der Waals surface area (Å²) in [7, 11) is 4.93. The Morgan fingerprint density at radius 2 is 1.47 bits per heavy atom. The Labute approximate surface area is 189 Å². The van der Waals surface area contributed by atoms with Crippen LogP contribution in [0.4, 0.5) is 15.3 Å². The minimum Gasteiger partial charge on any atom is -0.494 e. The molecule has 0 aliphatic rings. The molecule has 2 aromatic carbocycles. The number of anilines is 1. The first-order valence-corrected chi connectivity index (χ1v) is 10.4. The van der Waals surface area contributed by atoms with Gasteiger partial charge in [-0.15, -0.1) is 0 Å². The lowest BCUT2D eigenvalue weighted by atomic mass is 10.0. The van der Waals surface area contributed by atoms with E-state index in [4.69, 9.17) is 19.9 Å². The molecule has 8 nitrogen and oxygen atoms in total. The lowest BCUT2D eigenvalue weighted by molar-refractivity contribution is 0.0201. The van der Waals surface area contributed by atoms with Crippen molar-refractivity contribution in [2.45, 2.75) is 38.8 Å². The van der Waals surface area contributed by atoms with Crippen LogP contribution in [0.15, 0.2) is 48.5 Å². The van der Waals surface area contributed by atoms with Crippen molar-refractivity contribution in [2.75, 3.05) is 33.5 Å². The molecule has 0 saturated heterocycles. The topological polar surface area (TPSA) is 94.3 Å². The molecule has 2 aromatic rings. The number of nitrogens with zero attached hydrogens (tertiary/aromatic N) is 2. The summed E-state index contributed by atoms with van der Waals surface area (Å²) in [4.78, 5) is 27.4. The van der Waals surface area contributed by atoms with Crippen LogP contribution < -0.4 is 15.2 Å². The predicted octanol–water partition coefficient (Wildman–Crippen LogP) is 4.71. The number of nitrogen functional groups attached to an aromatic ring is 1. The molecular formula is C24H33N3O5. The molecule has 2 amide bonds. The maximum atomic E-state index is 12.7. The number of carbonyl (C=O) groups is 2. The number of nitrogens with two attached hydrogens (primary N) is 1. The van der Waals surface area contributed by atoms with E-state index in [1.165, 1.54) is 4.90 Å².